The van der Waals surface area contributed by atoms with Gasteiger partial charge >= 0.3 is 0 Å². The average Bonchev–Trinajstić information content (AvgIpc) is 3.36. The highest BCUT2D eigenvalue weighted by molar-refractivity contribution is 5.85. The molecule has 220 valence electrons. The van der Waals surface area contributed by atoms with Gasteiger partial charge in [-0.1, -0.05) is 12.1 Å². The summed E-state index contributed by atoms with van der Waals surface area (Å²) in [5.41, 5.74) is 1.08. The molecule has 2 unspecified atom stereocenters. The second kappa shape index (κ2) is 9.96. The molecule has 2 aliphatic carbocycles. The standard InChI is InChI=1S/C30H22F6N6O/c31-17-6-14(7-18(32)10-17)8-23(26-19(2-1-5-37-26)15-3-4-22-16(9-15)12-38-40-22)39-24(43)13-42-28-25(27(41-42)29(33)34)20-11-21(20)30(28,35)36/h1-7,9-10,12,20-21,23,29H,8,11,13H2,(H,38,40)(H,39,43)/t20?,21?,23-/m0/s1. The zero-order valence-electron chi connectivity index (χ0n) is 22.2. The van der Waals surface area contributed by atoms with Crippen LogP contribution in [0.5, 0.6) is 0 Å². The molecule has 2 aromatic carbocycles. The Morgan fingerprint density at radius 2 is 1.88 bits per heavy atom. The van der Waals surface area contributed by atoms with Crippen molar-refractivity contribution >= 4 is 16.8 Å². The summed E-state index contributed by atoms with van der Waals surface area (Å²) in [5, 5.41) is 14.1. The van der Waals surface area contributed by atoms with Crippen molar-refractivity contribution in [1.29, 1.82) is 0 Å². The van der Waals surface area contributed by atoms with Gasteiger partial charge in [-0.2, -0.15) is 19.0 Å². The molecule has 5 aromatic rings. The second-order valence-electron chi connectivity index (χ2n) is 10.9. The molecular weight excluding hydrogens is 574 g/mol. The van der Waals surface area contributed by atoms with E-state index in [1.165, 1.54) is 6.20 Å². The third kappa shape index (κ3) is 4.72. The van der Waals surface area contributed by atoms with Crippen molar-refractivity contribution in [2.24, 2.45) is 5.92 Å². The number of aromatic amines is 1. The fraction of sp³-hybridized carbons (Fsp3) is 0.267. The van der Waals surface area contributed by atoms with Crippen LogP contribution in [0.4, 0.5) is 26.3 Å². The van der Waals surface area contributed by atoms with Crippen LogP contribution < -0.4 is 5.32 Å². The van der Waals surface area contributed by atoms with E-state index >= 15 is 8.78 Å². The molecule has 13 heteroatoms. The van der Waals surface area contributed by atoms with E-state index in [0.717, 1.165) is 23.0 Å². The van der Waals surface area contributed by atoms with Crippen LogP contribution in [-0.4, -0.2) is 30.9 Å². The number of fused-ring (bicyclic) bond motifs is 4. The predicted octanol–water partition coefficient (Wildman–Crippen LogP) is 6.35. The molecule has 0 radical (unpaired) electrons. The van der Waals surface area contributed by atoms with Gasteiger partial charge in [-0.15, -0.1) is 0 Å². The number of nitrogens with one attached hydrogen (secondary N) is 2. The number of alkyl halides is 4. The number of hydrogen-bond acceptors (Lipinski definition) is 4. The van der Waals surface area contributed by atoms with E-state index < -0.39 is 65.7 Å². The largest absolute Gasteiger partial charge is 0.346 e. The minimum absolute atomic E-state index is 0.0942. The Kier molecular flexibility index (Phi) is 6.29. The molecular formula is C30H22F6N6O. The second-order valence-corrected chi connectivity index (χ2v) is 10.9. The number of benzene rings is 2. The maximum Gasteiger partial charge on any atom is 0.293 e. The van der Waals surface area contributed by atoms with E-state index in [9.17, 15) is 22.4 Å². The zero-order valence-corrected chi connectivity index (χ0v) is 22.2. The van der Waals surface area contributed by atoms with E-state index in [0.29, 0.717) is 27.6 Å². The van der Waals surface area contributed by atoms with Crippen LogP contribution in [0.3, 0.4) is 0 Å². The number of pyridine rings is 1. The smallest absolute Gasteiger partial charge is 0.293 e. The Morgan fingerprint density at radius 1 is 1.09 bits per heavy atom. The molecule has 7 rings (SSSR count). The fourth-order valence-electron chi connectivity index (χ4n) is 6.18. The molecule has 3 aromatic heterocycles. The van der Waals surface area contributed by atoms with Crippen LogP contribution >= 0.6 is 0 Å². The van der Waals surface area contributed by atoms with Gasteiger partial charge in [0.2, 0.25) is 5.91 Å². The van der Waals surface area contributed by atoms with Crippen LogP contribution in [0.1, 0.15) is 53.0 Å². The highest BCUT2D eigenvalue weighted by Gasteiger charge is 2.67. The molecule has 1 fully saturated rings. The molecule has 2 aliphatic rings. The number of aromatic nitrogens is 5. The van der Waals surface area contributed by atoms with Crippen LogP contribution in [0.2, 0.25) is 0 Å². The van der Waals surface area contributed by atoms with E-state index in [4.69, 9.17) is 0 Å². The van der Waals surface area contributed by atoms with Gasteiger partial charge in [-0.05, 0) is 60.2 Å². The third-order valence-electron chi connectivity index (χ3n) is 8.08. The van der Waals surface area contributed by atoms with E-state index in [1.54, 1.807) is 18.3 Å². The van der Waals surface area contributed by atoms with Gasteiger partial charge in [0.05, 0.1) is 23.4 Å². The Bertz CT molecular complexity index is 1860. The molecule has 0 aliphatic heterocycles. The van der Waals surface area contributed by atoms with Crippen LogP contribution in [0, 0.1) is 17.6 Å². The van der Waals surface area contributed by atoms with Crippen LogP contribution in [0.15, 0.2) is 60.9 Å². The first-order valence-corrected chi connectivity index (χ1v) is 13.5. The molecule has 1 amide bonds. The van der Waals surface area contributed by atoms with Gasteiger partial charge in [0.1, 0.15) is 29.6 Å². The third-order valence-corrected chi connectivity index (χ3v) is 8.08. The van der Waals surface area contributed by atoms with Gasteiger partial charge in [0.15, 0.2) is 0 Å². The molecule has 0 saturated heterocycles. The molecule has 0 bridgehead atoms. The van der Waals surface area contributed by atoms with E-state index in [1.807, 2.05) is 18.2 Å². The summed E-state index contributed by atoms with van der Waals surface area (Å²) < 4.78 is 86.4. The summed E-state index contributed by atoms with van der Waals surface area (Å²) in [4.78, 5) is 17.9. The quantitative estimate of drug-likeness (QED) is 0.205. The summed E-state index contributed by atoms with van der Waals surface area (Å²) in [5.74, 6) is -7.63. The SMILES string of the molecule is O=C(Cn1nc(C(F)F)c2c1C(F)(F)C1CC21)N[C@@H](Cc1cc(F)cc(F)c1)c1ncccc1-c1ccc2[nH]ncc2c1. The van der Waals surface area contributed by atoms with Crippen LogP contribution in [-0.2, 0) is 23.7 Å². The Labute approximate surface area is 239 Å². The number of nitrogens with zero attached hydrogens (tertiary/aromatic N) is 4. The summed E-state index contributed by atoms with van der Waals surface area (Å²) in [7, 11) is 0. The first-order valence-electron chi connectivity index (χ1n) is 13.5. The number of halogens is 6. The van der Waals surface area contributed by atoms with Gasteiger partial charge in [0.25, 0.3) is 12.3 Å². The van der Waals surface area contributed by atoms with Gasteiger partial charge in [-0.3, -0.25) is 19.6 Å². The van der Waals surface area contributed by atoms with Crippen molar-refractivity contribution < 1.29 is 31.1 Å². The topological polar surface area (TPSA) is 88.5 Å². The lowest BCUT2D eigenvalue weighted by Crippen LogP contribution is -2.35. The highest BCUT2D eigenvalue weighted by atomic mass is 19.3. The molecule has 43 heavy (non-hydrogen) atoms. The van der Waals surface area contributed by atoms with Crippen molar-refractivity contribution in [3.63, 3.8) is 0 Å². The molecule has 3 atom stereocenters. The Morgan fingerprint density at radius 3 is 2.65 bits per heavy atom. The normalized spacial score (nSPS) is 19.0. The lowest BCUT2D eigenvalue weighted by atomic mass is 9.95. The number of amides is 1. The summed E-state index contributed by atoms with van der Waals surface area (Å²) >= 11 is 0. The first-order chi connectivity index (χ1) is 20.6. The molecule has 1 saturated carbocycles. The first kappa shape index (κ1) is 27.2. The Balaban J connectivity index is 1.25. The van der Waals surface area contributed by atoms with Gasteiger partial charge in [-0.25, -0.2) is 17.6 Å². The van der Waals surface area contributed by atoms with E-state index in [2.05, 4.69) is 25.6 Å². The molecule has 2 N–H and O–H groups in total. The van der Waals surface area contributed by atoms with Crippen LogP contribution in [0.25, 0.3) is 22.0 Å². The number of carbonyl (C=O) groups is 1. The number of H-pyrrole nitrogens is 1. The maximum atomic E-state index is 15.1. The monoisotopic (exact) mass is 596 g/mol. The minimum Gasteiger partial charge on any atom is -0.346 e. The lowest BCUT2D eigenvalue weighted by molar-refractivity contribution is -0.123. The van der Waals surface area contributed by atoms with Crippen molar-refractivity contribution in [1.82, 2.24) is 30.3 Å². The number of rotatable bonds is 8. The Hall–Kier alpha value is -4.68. The van der Waals surface area contributed by atoms with Crippen molar-refractivity contribution in [2.45, 2.75) is 43.7 Å². The van der Waals surface area contributed by atoms with Crippen molar-refractivity contribution in [3.05, 3.63) is 101 Å². The average molecular weight is 597 g/mol. The highest BCUT2D eigenvalue weighted by Crippen LogP contribution is 2.68. The summed E-state index contributed by atoms with van der Waals surface area (Å²) in [6.07, 6.45) is 0.0321. The van der Waals surface area contributed by atoms with E-state index in [-0.39, 0.29) is 24.0 Å². The summed E-state index contributed by atoms with van der Waals surface area (Å²) in [6.45, 7) is -0.763. The van der Waals surface area contributed by atoms with Crippen molar-refractivity contribution in [3.8, 4) is 11.1 Å². The summed E-state index contributed by atoms with van der Waals surface area (Å²) in [6, 6.07) is 10.9. The number of carbonyl (C=O) groups excluding carboxylic acids is 1. The maximum absolute atomic E-state index is 15.1. The fourth-order valence-corrected chi connectivity index (χ4v) is 6.18. The predicted molar refractivity (Wildman–Crippen MR) is 142 cm³/mol. The van der Waals surface area contributed by atoms with Gasteiger partial charge < -0.3 is 5.32 Å². The minimum atomic E-state index is -3.39. The number of hydrogen-bond donors (Lipinski definition) is 2. The molecule has 7 nitrogen and oxygen atoms in total. The molecule has 3 heterocycles. The lowest BCUT2D eigenvalue weighted by Gasteiger charge is -2.22. The van der Waals surface area contributed by atoms with Gasteiger partial charge in [0, 0.05) is 34.7 Å². The molecule has 0 spiro atoms. The zero-order chi connectivity index (χ0) is 30.0. The van der Waals surface area contributed by atoms with Crippen molar-refractivity contribution in [2.75, 3.05) is 0 Å².